The van der Waals surface area contributed by atoms with E-state index in [0.717, 1.165) is 6.42 Å². The van der Waals surface area contributed by atoms with E-state index in [0.29, 0.717) is 18.0 Å². The van der Waals surface area contributed by atoms with Crippen LogP contribution in [0.4, 0.5) is 4.39 Å². The van der Waals surface area contributed by atoms with Gasteiger partial charge in [-0.05, 0) is 42.9 Å². The van der Waals surface area contributed by atoms with Crippen LogP contribution in [0.15, 0.2) is 24.3 Å². The van der Waals surface area contributed by atoms with E-state index in [2.05, 4.69) is 19.2 Å². The molecule has 2 saturated carbocycles. The molecule has 0 saturated heterocycles. The summed E-state index contributed by atoms with van der Waals surface area (Å²) in [5.41, 5.74) is 1.11. The van der Waals surface area contributed by atoms with Gasteiger partial charge in [0.1, 0.15) is 5.82 Å². The zero-order valence-electron chi connectivity index (χ0n) is 11.6. The summed E-state index contributed by atoms with van der Waals surface area (Å²) in [6.45, 7) is 4.21. The fourth-order valence-corrected chi connectivity index (χ4v) is 3.01. The first-order valence-electron chi connectivity index (χ1n) is 7.18. The number of aliphatic hydroxyl groups is 1. The van der Waals surface area contributed by atoms with Crippen LogP contribution in [0, 0.1) is 17.2 Å². The predicted molar refractivity (Wildman–Crippen MR) is 73.2 cm³/mol. The maximum atomic E-state index is 13.0. The van der Waals surface area contributed by atoms with E-state index < -0.39 is 0 Å². The minimum absolute atomic E-state index is 0.0623. The van der Waals surface area contributed by atoms with Crippen LogP contribution in [0.25, 0.3) is 0 Å². The standard InChI is InChI=1S/C16H22FNO/c1-16(2)13(9-14(16)19)18-15(10-3-4-10)11-5-7-12(17)8-6-11/h5-8,10,13-15,18-19H,3-4,9H2,1-2H3. The summed E-state index contributed by atoms with van der Waals surface area (Å²) in [5, 5.41) is 13.5. The third-order valence-electron chi connectivity index (χ3n) is 4.92. The highest BCUT2D eigenvalue weighted by molar-refractivity contribution is 5.23. The van der Waals surface area contributed by atoms with E-state index in [-0.39, 0.29) is 17.3 Å². The molecule has 3 heteroatoms. The molecule has 2 aliphatic rings. The number of hydrogen-bond acceptors (Lipinski definition) is 2. The van der Waals surface area contributed by atoms with Crippen LogP contribution in [0.1, 0.15) is 44.7 Å². The lowest BCUT2D eigenvalue weighted by Crippen LogP contribution is -2.60. The lowest BCUT2D eigenvalue weighted by Gasteiger charge is -2.51. The van der Waals surface area contributed by atoms with Crippen LogP contribution in [-0.4, -0.2) is 17.3 Å². The van der Waals surface area contributed by atoms with Crippen molar-refractivity contribution in [2.24, 2.45) is 11.3 Å². The molecule has 1 aromatic carbocycles. The lowest BCUT2D eigenvalue weighted by molar-refractivity contribution is -0.0768. The van der Waals surface area contributed by atoms with Crippen LogP contribution < -0.4 is 5.32 Å². The molecule has 0 radical (unpaired) electrons. The van der Waals surface area contributed by atoms with Gasteiger partial charge in [0, 0.05) is 17.5 Å². The molecule has 0 aliphatic heterocycles. The Morgan fingerprint density at radius 1 is 1.26 bits per heavy atom. The molecule has 0 bridgehead atoms. The monoisotopic (exact) mass is 263 g/mol. The zero-order valence-corrected chi connectivity index (χ0v) is 11.6. The fourth-order valence-electron chi connectivity index (χ4n) is 3.01. The summed E-state index contributed by atoms with van der Waals surface area (Å²) in [6, 6.07) is 7.48. The van der Waals surface area contributed by atoms with Crippen LogP contribution in [-0.2, 0) is 0 Å². The smallest absolute Gasteiger partial charge is 0.123 e. The van der Waals surface area contributed by atoms with Crippen molar-refractivity contribution >= 4 is 0 Å². The van der Waals surface area contributed by atoms with Crippen LogP contribution in [0.5, 0.6) is 0 Å². The Kier molecular flexibility index (Phi) is 3.14. The zero-order chi connectivity index (χ0) is 13.6. The summed E-state index contributed by atoms with van der Waals surface area (Å²) in [4.78, 5) is 0. The SMILES string of the molecule is CC1(C)C(O)CC1NC(c1ccc(F)cc1)C1CC1. The molecule has 0 heterocycles. The number of aliphatic hydroxyl groups excluding tert-OH is 1. The first kappa shape index (κ1) is 13.1. The first-order chi connectivity index (χ1) is 8.98. The van der Waals surface area contributed by atoms with Gasteiger partial charge < -0.3 is 10.4 Å². The second-order valence-electron chi connectivity index (χ2n) is 6.66. The highest BCUT2D eigenvalue weighted by Crippen LogP contribution is 2.46. The topological polar surface area (TPSA) is 32.3 Å². The first-order valence-corrected chi connectivity index (χ1v) is 7.18. The molecule has 1 aromatic rings. The van der Waals surface area contributed by atoms with Crippen molar-refractivity contribution in [3.05, 3.63) is 35.6 Å². The van der Waals surface area contributed by atoms with Crippen molar-refractivity contribution in [1.29, 1.82) is 0 Å². The summed E-state index contributed by atoms with van der Waals surface area (Å²) in [7, 11) is 0. The molecule has 2 nitrogen and oxygen atoms in total. The average Bonchev–Trinajstić information content (AvgIpc) is 3.20. The Morgan fingerprint density at radius 2 is 1.89 bits per heavy atom. The van der Waals surface area contributed by atoms with E-state index in [1.807, 2.05) is 12.1 Å². The molecule has 3 atom stereocenters. The van der Waals surface area contributed by atoms with Crippen molar-refractivity contribution in [2.45, 2.75) is 51.3 Å². The Morgan fingerprint density at radius 3 is 2.37 bits per heavy atom. The Balaban J connectivity index is 1.74. The van der Waals surface area contributed by atoms with E-state index in [4.69, 9.17) is 0 Å². The maximum Gasteiger partial charge on any atom is 0.123 e. The van der Waals surface area contributed by atoms with Crippen LogP contribution >= 0.6 is 0 Å². The number of benzene rings is 1. The van der Waals surface area contributed by atoms with E-state index >= 15 is 0 Å². The van der Waals surface area contributed by atoms with Gasteiger partial charge >= 0.3 is 0 Å². The van der Waals surface area contributed by atoms with Crippen molar-refractivity contribution in [3.8, 4) is 0 Å². The van der Waals surface area contributed by atoms with Gasteiger partial charge in [0.05, 0.1) is 6.10 Å². The molecular formula is C16H22FNO. The van der Waals surface area contributed by atoms with Crippen molar-refractivity contribution in [2.75, 3.05) is 0 Å². The minimum atomic E-state index is -0.210. The number of rotatable bonds is 4. The number of nitrogens with one attached hydrogen (secondary N) is 1. The average molecular weight is 263 g/mol. The van der Waals surface area contributed by atoms with Gasteiger partial charge in [0.25, 0.3) is 0 Å². The molecule has 0 aromatic heterocycles. The Hall–Kier alpha value is -0.930. The second-order valence-corrected chi connectivity index (χ2v) is 6.66. The van der Waals surface area contributed by atoms with Gasteiger partial charge in [0.15, 0.2) is 0 Å². The molecule has 19 heavy (non-hydrogen) atoms. The molecule has 104 valence electrons. The van der Waals surface area contributed by atoms with E-state index in [1.165, 1.54) is 30.5 Å². The predicted octanol–water partition coefficient (Wildman–Crippen LogP) is 3.03. The summed E-state index contributed by atoms with van der Waals surface area (Å²) in [6.07, 6.45) is 3.09. The summed E-state index contributed by atoms with van der Waals surface area (Å²) in [5.74, 6) is 0.483. The lowest BCUT2D eigenvalue weighted by atomic mass is 9.64. The highest BCUT2D eigenvalue weighted by Gasteiger charge is 2.49. The fraction of sp³-hybridized carbons (Fsp3) is 0.625. The normalized spacial score (nSPS) is 30.7. The van der Waals surface area contributed by atoms with Gasteiger partial charge in [0.2, 0.25) is 0 Å². The number of halogens is 1. The molecule has 2 aliphatic carbocycles. The van der Waals surface area contributed by atoms with E-state index in [9.17, 15) is 9.50 Å². The molecule has 0 amide bonds. The third kappa shape index (κ3) is 2.41. The van der Waals surface area contributed by atoms with Crippen molar-refractivity contribution < 1.29 is 9.50 Å². The largest absolute Gasteiger partial charge is 0.392 e. The maximum absolute atomic E-state index is 13.0. The van der Waals surface area contributed by atoms with Gasteiger partial charge in [-0.25, -0.2) is 4.39 Å². The third-order valence-corrected chi connectivity index (χ3v) is 4.92. The Labute approximate surface area is 114 Å². The number of hydrogen-bond donors (Lipinski definition) is 2. The molecule has 3 rings (SSSR count). The van der Waals surface area contributed by atoms with Crippen molar-refractivity contribution in [1.82, 2.24) is 5.32 Å². The van der Waals surface area contributed by atoms with Gasteiger partial charge in [-0.15, -0.1) is 0 Å². The molecular weight excluding hydrogens is 241 g/mol. The quantitative estimate of drug-likeness (QED) is 0.875. The van der Waals surface area contributed by atoms with E-state index in [1.54, 1.807) is 0 Å². The van der Waals surface area contributed by atoms with Gasteiger partial charge in [-0.2, -0.15) is 0 Å². The van der Waals surface area contributed by atoms with Crippen LogP contribution in [0.3, 0.4) is 0 Å². The van der Waals surface area contributed by atoms with Gasteiger partial charge in [-0.1, -0.05) is 26.0 Å². The van der Waals surface area contributed by atoms with Gasteiger partial charge in [-0.3, -0.25) is 0 Å². The molecule has 2 fully saturated rings. The molecule has 3 unspecified atom stereocenters. The minimum Gasteiger partial charge on any atom is -0.392 e. The van der Waals surface area contributed by atoms with Crippen LogP contribution in [0.2, 0.25) is 0 Å². The highest BCUT2D eigenvalue weighted by atomic mass is 19.1. The Bertz CT molecular complexity index is 452. The second kappa shape index (κ2) is 4.57. The molecule has 2 N–H and O–H groups in total. The van der Waals surface area contributed by atoms with Crippen molar-refractivity contribution in [3.63, 3.8) is 0 Å². The summed E-state index contributed by atoms with van der Waals surface area (Å²) >= 11 is 0. The summed E-state index contributed by atoms with van der Waals surface area (Å²) < 4.78 is 13.0. The molecule has 0 spiro atoms.